The van der Waals surface area contributed by atoms with E-state index in [4.69, 9.17) is 34.7 Å². The van der Waals surface area contributed by atoms with Crippen molar-refractivity contribution < 1.29 is 72.1 Å². The first-order chi connectivity index (χ1) is 53.4. The predicted molar refractivity (Wildman–Crippen MR) is 491 cm³/mol. The fraction of sp³-hybridized carbons (Fsp3) is 0.527. The molecule has 0 aromatic carbocycles. The molecule has 0 aliphatic heterocycles. The summed E-state index contributed by atoms with van der Waals surface area (Å²) in [4.78, 5) is 44.1. The number of ketones is 2. The Hall–Kier alpha value is -6.34. The van der Waals surface area contributed by atoms with Gasteiger partial charge in [-0.2, -0.15) is 35.5 Å². The monoisotopic (exact) mass is 1720 g/mol. The molecular weight excluding hydrogens is 1570 g/mol. The molecule has 0 aliphatic carbocycles. The molecular formula is C93H152Cl2N10O7S4+6. The molecule has 0 radical (unpaired) electrons. The Morgan fingerprint density at radius 2 is 0.491 bits per heavy atom. The van der Waals surface area contributed by atoms with Gasteiger partial charge in [0.15, 0.2) is 110 Å². The summed E-state index contributed by atoms with van der Waals surface area (Å²) in [5.41, 5.74) is 41.5. The first-order valence-electron chi connectivity index (χ1n) is 40.6. The van der Waals surface area contributed by atoms with E-state index in [1.807, 2.05) is 28.5 Å². The molecule has 0 atom stereocenters. The quantitative estimate of drug-likeness (QED) is 0.00760. The molecule has 8 aromatic rings. The third-order valence-corrected chi connectivity index (χ3v) is 21.5. The lowest BCUT2D eigenvalue weighted by Gasteiger charge is -2.08. The summed E-state index contributed by atoms with van der Waals surface area (Å²) in [6.07, 6.45) is 8.00. The van der Waals surface area contributed by atoms with Crippen LogP contribution < -0.4 is 48.0 Å². The second-order valence-electron chi connectivity index (χ2n) is 28.6. The van der Waals surface area contributed by atoms with Gasteiger partial charge in [-0.1, -0.05) is 55.4 Å². The van der Waals surface area contributed by atoms with Crippen LogP contribution in [-0.4, -0.2) is 50.9 Å². The van der Waals surface area contributed by atoms with Crippen molar-refractivity contribution in [3.8, 4) is 0 Å². The predicted octanol–water partition coefficient (Wildman–Crippen LogP) is 16.1. The first kappa shape index (κ1) is 116. The Morgan fingerprint density at radius 3 is 0.707 bits per heavy atom. The van der Waals surface area contributed by atoms with E-state index in [1.54, 1.807) is 0 Å². The van der Waals surface area contributed by atoms with Gasteiger partial charge < -0.3 is 27.9 Å². The van der Waals surface area contributed by atoms with E-state index in [-0.39, 0.29) is 40.8 Å². The van der Waals surface area contributed by atoms with Crippen molar-refractivity contribution in [3.05, 3.63) is 233 Å². The van der Waals surface area contributed by atoms with Gasteiger partial charge in [-0.15, -0.1) is 12.6 Å². The van der Waals surface area contributed by atoms with Crippen molar-refractivity contribution in [1.29, 1.82) is 0 Å². The average Bonchev–Trinajstić information content (AvgIpc) is 0.898. The van der Waals surface area contributed by atoms with Gasteiger partial charge in [-0.25, -0.2) is 13.7 Å². The molecule has 8 aromatic heterocycles. The van der Waals surface area contributed by atoms with Gasteiger partial charge in [-0.05, 0) is 172 Å². The average molecular weight is 1720 g/mol. The SMILES string of the molecule is CCN.CCc1cc(C)cc(C)[n+]1CC.CCc1cc(C)cc(C)[n+]1CC.CCc1cc(C)cc(C)[n+]1CC.CCc1cc(C)cc(C)[n+]1CCC(=O)CC(=O)CC[n+]1c(C)cc(C)cc1C.CCc1cc(C)cc(C)[n+]1CS.CCc1cc(C)cc(C)[n+]1CSSC[n+]1c(C)cc(C)cc1CC.NCS.O.O=C(Cl)CC(=O)Cl.[OH-].[OH-]. The van der Waals surface area contributed by atoms with E-state index in [2.05, 4.69) is 346 Å². The van der Waals surface area contributed by atoms with Crippen LogP contribution in [0.5, 0.6) is 0 Å². The number of aryl methyl sites for hydroxylation is 24. The zero-order valence-electron chi connectivity index (χ0n) is 76.3. The van der Waals surface area contributed by atoms with Crippen molar-refractivity contribution in [1.82, 2.24) is 0 Å². The summed E-state index contributed by atoms with van der Waals surface area (Å²) in [5.74, 6) is 3.29. The summed E-state index contributed by atoms with van der Waals surface area (Å²) in [6.45, 7) is 65.6. The number of pyridine rings is 8. The number of thiol groups is 2. The van der Waals surface area contributed by atoms with Crippen LogP contribution in [0, 0.1) is 118 Å². The Labute approximate surface area is 730 Å². The number of hydrogen-bond donors (Lipinski definition) is 4. The lowest BCUT2D eigenvalue weighted by molar-refractivity contribution is -0.708. The van der Waals surface area contributed by atoms with Crippen LogP contribution in [-0.2, 0) is 114 Å². The second-order valence-corrected chi connectivity index (χ2v) is 32.5. The number of aromatic nitrogens is 8. The molecule has 8 N–H and O–H groups in total. The van der Waals surface area contributed by atoms with Crippen molar-refractivity contribution in [2.45, 2.75) is 315 Å². The summed E-state index contributed by atoms with van der Waals surface area (Å²) >= 11 is 17.3. The fourth-order valence-electron chi connectivity index (χ4n) is 14.1. The number of nitrogens with two attached hydrogens (primary N) is 2. The van der Waals surface area contributed by atoms with Gasteiger partial charge in [0.05, 0.1) is 25.7 Å². The molecule has 0 amide bonds. The molecule has 8 rings (SSSR count). The number of halogens is 2. The zero-order valence-corrected chi connectivity index (χ0v) is 81.2. The molecule has 0 spiro atoms. The molecule has 0 saturated heterocycles. The normalized spacial score (nSPS) is 10.0. The number of rotatable bonds is 26. The van der Waals surface area contributed by atoms with Crippen molar-refractivity contribution >= 4 is 92.1 Å². The number of nitrogens with zero attached hydrogens (tertiary/aromatic N) is 8. The van der Waals surface area contributed by atoms with E-state index in [0.717, 1.165) is 106 Å². The molecule has 17 nitrogen and oxygen atoms in total. The van der Waals surface area contributed by atoms with Crippen LogP contribution in [0.2, 0.25) is 0 Å². The van der Waals surface area contributed by atoms with E-state index in [0.29, 0.717) is 31.8 Å². The standard InChI is InChI=1S/C24H34N2O2.C20H30N2S2.3C11H18N.C10H15NS.C3H2Cl2O2.C2H7N.CH5NS.3H2O/c1-7-22-15-18(3)14-21(6)26(22)11-9-24(28)16-23(27)8-10-25-19(4)12-17(2)13-20(25)5;1-7-19-11-15(3)9-17(5)21(19)13-23-24-14-22-18(6)10-16(4)12-20(22)8-2;3*1-5-11-8-9(3)7-10(4)12(11)6-2;1-4-10-6-8(2)5-9(3)11(10)7-12;4-2(6)1-3(5)7;1-2-3;2-1-3;;;/h12-15H,7-11,16H2,1-6H3;9-12H,7-8,13-14H2,1-6H3;3*7-8H,5-6H2,1-4H3;5-6H,4,7H2,1-3H3;1H2;2-3H2,1H3;3H,1-2H2;3*1H2/q2*+2;3*+1;;;;;;;/p-1. The Balaban J connectivity index is -0.000000646. The number of carbonyl (C=O) groups excluding carboxylic acids is 4. The molecule has 0 unspecified atom stereocenters. The lowest BCUT2D eigenvalue weighted by atomic mass is 10.1. The summed E-state index contributed by atoms with van der Waals surface area (Å²) in [6, 6.07) is 35.7. The van der Waals surface area contributed by atoms with E-state index in [1.165, 1.54) is 119 Å². The number of Topliss-reactive ketones (excluding diaryl/α,β-unsaturated/α-hetero) is 2. The molecule has 0 fully saturated rings. The topological polar surface area (TPSA) is 243 Å². The van der Waals surface area contributed by atoms with Crippen LogP contribution in [0.25, 0.3) is 0 Å². The maximum atomic E-state index is 12.4. The third-order valence-electron chi connectivity index (χ3n) is 18.9. The fourth-order valence-corrected chi connectivity index (χ4v) is 17.0. The van der Waals surface area contributed by atoms with Gasteiger partial charge in [0.25, 0.3) is 0 Å². The van der Waals surface area contributed by atoms with Crippen LogP contribution >= 0.6 is 70.0 Å². The number of carbonyl (C=O) groups is 4. The van der Waals surface area contributed by atoms with Gasteiger partial charge in [0.1, 0.15) is 31.2 Å². The highest BCUT2D eigenvalue weighted by Crippen LogP contribution is 2.23. The molecule has 0 aliphatic rings. The Kier molecular flexibility index (Phi) is 63.6. The van der Waals surface area contributed by atoms with Crippen molar-refractivity contribution in [3.63, 3.8) is 0 Å². The van der Waals surface area contributed by atoms with Gasteiger partial charge in [-0.3, -0.25) is 19.2 Å². The highest BCUT2D eigenvalue weighted by molar-refractivity contribution is 8.75. The minimum absolute atomic E-state index is 0. The lowest BCUT2D eigenvalue weighted by Crippen LogP contribution is -2.42. The largest absolute Gasteiger partial charge is 0.870 e. The second kappa shape index (κ2) is 63.7. The van der Waals surface area contributed by atoms with Gasteiger partial charge in [0, 0.05) is 210 Å². The van der Waals surface area contributed by atoms with Crippen LogP contribution in [0.1, 0.15) is 237 Å². The van der Waals surface area contributed by atoms with Crippen LogP contribution in [0.15, 0.2) is 97.1 Å². The van der Waals surface area contributed by atoms with Crippen molar-refractivity contribution in [2.75, 3.05) is 12.4 Å². The zero-order chi connectivity index (χ0) is 86.4. The molecule has 648 valence electrons. The molecule has 116 heavy (non-hydrogen) atoms. The Bertz CT molecular complexity index is 3960. The minimum Gasteiger partial charge on any atom is -0.870 e. The highest BCUT2D eigenvalue weighted by atomic mass is 35.5. The van der Waals surface area contributed by atoms with E-state index < -0.39 is 10.5 Å². The maximum absolute atomic E-state index is 12.4. The van der Waals surface area contributed by atoms with Gasteiger partial charge in [0.2, 0.25) is 22.2 Å². The summed E-state index contributed by atoms with van der Waals surface area (Å²) < 4.78 is 18.6. The summed E-state index contributed by atoms with van der Waals surface area (Å²) in [5, 5.41) is -1.44. The van der Waals surface area contributed by atoms with E-state index in [9.17, 15) is 19.2 Å². The summed E-state index contributed by atoms with van der Waals surface area (Å²) in [7, 11) is 3.88. The minimum atomic E-state index is -0.722. The smallest absolute Gasteiger partial charge is 0.230 e. The maximum Gasteiger partial charge on any atom is 0.230 e. The molecule has 0 bridgehead atoms. The first-order valence-corrected chi connectivity index (χ1v) is 45.1. The molecule has 8 heterocycles. The number of hydrogen-bond acceptors (Lipinski definition) is 12. The third kappa shape index (κ3) is 43.1. The Morgan fingerprint density at radius 1 is 0.310 bits per heavy atom. The highest BCUT2D eigenvalue weighted by Gasteiger charge is 2.22. The van der Waals surface area contributed by atoms with Crippen LogP contribution in [0.3, 0.4) is 0 Å². The van der Waals surface area contributed by atoms with Crippen LogP contribution in [0.4, 0.5) is 0 Å². The van der Waals surface area contributed by atoms with Gasteiger partial charge >= 0.3 is 0 Å². The molecule has 23 heteroatoms. The molecule has 0 saturated carbocycles. The van der Waals surface area contributed by atoms with Crippen molar-refractivity contribution in [2.24, 2.45) is 11.5 Å². The van der Waals surface area contributed by atoms with E-state index >= 15 is 0 Å².